The molecule has 1 rings (SSSR count). The quantitative estimate of drug-likeness (QED) is 0.688. The first kappa shape index (κ1) is 12.9. The third kappa shape index (κ3) is 4.09. The third-order valence-electron chi connectivity index (χ3n) is 3.44. The number of nitrogens with zero attached hydrogens (tertiary/aromatic N) is 2. The van der Waals surface area contributed by atoms with E-state index in [-0.39, 0.29) is 0 Å². The SMILES string of the molecule is CCNCCC(C)N1CCN(C)CC1C. The molecule has 1 N–H and O–H groups in total. The molecule has 1 aliphatic rings. The summed E-state index contributed by atoms with van der Waals surface area (Å²) in [6.07, 6.45) is 1.27. The largest absolute Gasteiger partial charge is 0.317 e. The molecule has 0 radical (unpaired) electrons. The first-order valence-corrected chi connectivity index (χ1v) is 6.30. The summed E-state index contributed by atoms with van der Waals surface area (Å²) in [5.41, 5.74) is 0. The lowest BCUT2D eigenvalue weighted by Gasteiger charge is -2.41. The van der Waals surface area contributed by atoms with Crippen molar-refractivity contribution in [1.82, 2.24) is 15.1 Å². The lowest BCUT2D eigenvalue weighted by atomic mass is 10.1. The normalized spacial score (nSPS) is 26.8. The summed E-state index contributed by atoms with van der Waals surface area (Å²) in [6.45, 7) is 12.8. The lowest BCUT2D eigenvalue weighted by molar-refractivity contribution is 0.0645. The molecular weight excluding hydrogens is 186 g/mol. The van der Waals surface area contributed by atoms with Gasteiger partial charge in [0.25, 0.3) is 0 Å². The van der Waals surface area contributed by atoms with E-state index in [1.54, 1.807) is 0 Å². The van der Waals surface area contributed by atoms with Crippen LogP contribution in [0, 0.1) is 0 Å². The second kappa shape index (κ2) is 6.46. The van der Waals surface area contributed by atoms with E-state index >= 15 is 0 Å². The van der Waals surface area contributed by atoms with Crippen molar-refractivity contribution < 1.29 is 0 Å². The van der Waals surface area contributed by atoms with Gasteiger partial charge in [0, 0.05) is 31.7 Å². The van der Waals surface area contributed by atoms with Crippen molar-refractivity contribution in [2.45, 2.75) is 39.3 Å². The minimum atomic E-state index is 0.709. The van der Waals surface area contributed by atoms with Crippen molar-refractivity contribution in [1.29, 1.82) is 0 Å². The van der Waals surface area contributed by atoms with E-state index in [1.807, 2.05) is 0 Å². The van der Waals surface area contributed by atoms with E-state index in [9.17, 15) is 0 Å². The highest BCUT2D eigenvalue weighted by Gasteiger charge is 2.24. The Morgan fingerprint density at radius 3 is 2.73 bits per heavy atom. The van der Waals surface area contributed by atoms with Gasteiger partial charge in [-0.05, 0) is 40.4 Å². The Hall–Kier alpha value is -0.120. The maximum absolute atomic E-state index is 3.40. The monoisotopic (exact) mass is 213 g/mol. The molecular formula is C12H27N3. The van der Waals surface area contributed by atoms with E-state index in [1.165, 1.54) is 26.1 Å². The van der Waals surface area contributed by atoms with Gasteiger partial charge in [0.15, 0.2) is 0 Å². The summed E-state index contributed by atoms with van der Waals surface area (Å²) in [7, 11) is 2.22. The average Bonchev–Trinajstić information content (AvgIpc) is 2.17. The smallest absolute Gasteiger partial charge is 0.0198 e. The van der Waals surface area contributed by atoms with E-state index in [0.717, 1.165) is 13.1 Å². The molecule has 15 heavy (non-hydrogen) atoms. The van der Waals surface area contributed by atoms with Gasteiger partial charge >= 0.3 is 0 Å². The molecule has 1 saturated heterocycles. The van der Waals surface area contributed by atoms with Gasteiger partial charge in [-0.2, -0.15) is 0 Å². The van der Waals surface area contributed by atoms with Crippen LogP contribution >= 0.6 is 0 Å². The van der Waals surface area contributed by atoms with Crippen LogP contribution in [0.5, 0.6) is 0 Å². The van der Waals surface area contributed by atoms with Crippen molar-refractivity contribution in [2.24, 2.45) is 0 Å². The Kier molecular flexibility index (Phi) is 5.58. The van der Waals surface area contributed by atoms with Crippen LogP contribution in [0.2, 0.25) is 0 Å². The predicted molar refractivity (Wildman–Crippen MR) is 66.3 cm³/mol. The number of hydrogen-bond donors (Lipinski definition) is 1. The number of likely N-dealkylation sites (N-methyl/N-ethyl adjacent to an activating group) is 1. The molecule has 0 aromatic heterocycles. The number of rotatable bonds is 5. The summed E-state index contributed by atoms with van der Waals surface area (Å²) >= 11 is 0. The maximum atomic E-state index is 3.40. The van der Waals surface area contributed by atoms with Gasteiger partial charge in [0.05, 0.1) is 0 Å². The van der Waals surface area contributed by atoms with Crippen LogP contribution in [0.4, 0.5) is 0 Å². The van der Waals surface area contributed by atoms with Crippen molar-refractivity contribution >= 4 is 0 Å². The number of nitrogens with one attached hydrogen (secondary N) is 1. The topological polar surface area (TPSA) is 18.5 Å². The summed E-state index contributed by atoms with van der Waals surface area (Å²) in [5.74, 6) is 0. The number of hydrogen-bond acceptors (Lipinski definition) is 3. The number of piperazine rings is 1. The fourth-order valence-corrected chi connectivity index (χ4v) is 2.46. The first-order chi connectivity index (χ1) is 7.15. The van der Waals surface area contributed by atoms with Gasteiger partial charge in [0.2, 0.25) is 0 Å². The summed E-state index contributed by atoms with van der Waals surface area (Å²) in [4.78, 5) is 5.08. The summed E-state index contributed by atoms with van der Waals surface area (Å²) in [6, 6.07) is 1.42. The third-order valence-corrected chi connectivity index (χ3v) is 3.44. The van der Waals surface area contributed by atoms with Crippen molar-refractivity contribution in [2.75, 3.05) is 39.8 Å². The molecule has 1 aliphatic heterocycles. The van der Waals surface area contributed by atoms with Crippen LogP contribution in [-0.4, -0.2) is 61.7 Å². The lowest BCUT2D eigenvalue weighted by Crippen LogP contribution is -2.53. The van der Waals surface area contributed by atoms with Crippen LogP contribution < -0.4 is 5.32 Å². The predicted octanol–water partition coefficient (Wildman–Crippen LogP) is 1.01. The zero-order chi connectivity index (χ0) is 11.3. The van der Waals surface area contributed by atoms with Gasteiger partial charge in [-0.25, -0.2) is 0 Å². The van der Waals surface area contributed by atoms with E-state index in [0.29, 0.717) is 12.1 Å². The minimum absolute atomic E-state index is 0.709. The molecule has 2 unspecified atom stereocenters. The molecule has 0 aliphatic carbocycles. The molecule has 3 nitrogen and oxygen atoms in total. The molecule has 0 spiro atoms. The van der Waals surface area contributed by atoms with Crippen LogP contribution in [0.25, 0.3) is 0 Å². The van der Waals surface area contributed by atoms with Gasteiger partial charge in [-0.1, -0.05) is 6.92 Å². The zero-order valence-electron chi connectivity index (χ0n) is 10.8. The Morgan fingerprint density at radius 2 is 2.13 bits per heavy atom. The molecule has 1 fully saturated rings. The van der Waals surface area contributed by atoms with Crippen LogP contribution in [0.15, 0.2) is 0 Å². The van der Waals surface area contributed by atoms with Gasteiger partial charge in [0.1, 0.15) is 0 Å². The van der Waals surface area contributed by atoms with Crippen molar-refractivity contribution in [3.63, 3.8) is 0 Å². The molecule has 90 valence electrons. The van der Waals surface area contributed by atoms with Crippen LogP contribution in [-0.2, 0) is 0 Å². The second-order valence-electron chi connectivity index (χ2n) is 4.84. The van der Waals surface area contributed by atoms with E-state index in [4.69, 9.17) is 0 Å². The Bertz CT molecular complexity index is 172. The summed E-state index contributed by atoms with van der Waals surface area (Å²) in [5, 5.41) is 3.40. The fraction of sp³-hybridized carbons (Fsp3) is 1.00. The van der Waals surface area contributed by atoms with Gasteiger partial charge in [-0.3, -0.25) is 4.90 Å². The minimum Gasteiger partial charge on any atom is -0.317 e. The molecule has 0 aromatic rings. The highest BCUT2D eigenvalue weighted by atomic mass is 15.3. The van der Waals surface area contributed by atoms with E-state index < -0.39 is 0 Å². The van der Waals surface area contributed by atoms with Gasteiger partial charge in [-0.15, -0.1) is 0 Å². The molecule has 0 aromatic carbocycles. The Balaban J connectivity index is 2.28. The van der Waals surface area contributed by atoms with Crippen molar-refractivity contribution in [3.05, 3.63) is 0 Å². The fourth-order valence-electron chi connectivity index (χ4n) is 2.46. The molecule has 0 bridgehead atoms. The van der Waals surface area contributed by atoms with Crippen LogP contribution in [0.3, 0.4) is 0 Å². The standard InChI is InChI=1S/C12H27N3/c1-5-13-7-6-11(2)15-9-8-14(4)10-12(15)3/h11-13H,5-10H2,1-4H3. The maximum Gasteiger partial charge on any atom is 0.0198 e. The van der Waals surface area contributed by atoms with Crippen molar-refractivity contribution in [3.8, 4) is 0 Å². The second-order valence-corrected chi connectivity index (χ2v) is 4.84. The zero-order valence-corrected chi connectivity index (χ0v) is 10.8. The Morgan fingerprint density at radius 1 is 1.40 bits per heavy atom. The molecule has 1 heterocycles. The summed E-state index contributed by atoms with van der Waals surface area (Å²) < 4.78 is 0. The first-order valence-electron chi connectivity index (χ1n) is 6.30. The molecule has 0 saturated carbocycles. The Labute approximate surface area is 94.8 Å². The highest BCUT2D eigenvalue weighted by Crippen LogP contribution is 2.13. The van der Waals surface area contributed by atoms with Gasteiger partial charge < -0.3 is 10.2 Å². The average molecular weight is 213 g/mol. The highest BCUT2D eigenvalue weighted by molar-refractivity contribution is 4.81. The molecule has 3 heteroatoms. The van der Waals surface area contributed by atoms with Crippen LogP contribution in [0.1, 0.15) is 27.2 Å². The molecule has 2 atom stereocenters. The molecule has 0 amide bonds. The van der Waals surface area contributed by atoms with E-state index in [2.05, 4.69) is 42.9 Å².